The maximum absolute atomic E-state index is 12.9. The van der Waals surface area contributed by atoms with E-state index < -0.39 is 91.5 Å². The van der Waals surface area contributed by atoms with Gasteiger partial charge in [0.2, 0.25) is 0 Å². The molecule has 18 heteroatoms. The summed E-state index contributed by atoms with van der Waals surface area (Å²) in [4.78, 5) is 58.5. The number of carbonyl (C=O) groups is 3. The number of esters is 3. The molecule has 542 valence electrons. The van der Waals surface area contributed by atoms with Crippen LogP contribution in [0, 0.1) is 0 Å². The largest absolute Gasteiger partial charge is 0.472 e. The van der Waals surface area contributed by atoms with Crippen LogP contribution in [0.4, 0.5) is 0 Å². The third kappa shape index (κ3) is 70.6. The van der Waals surface area contributed by atoms with Gasteiger partial charge in [-0.25, -0.2) is 9.13 Å². The number of carbonyl (C=O) groups excluding carboxylic acids is 3. The molecule has 4 N–H and O–H groups in total. The van der Waals surface area contributed by atoms with Crippen molar-refractivity contribution in [3.8, 4) is 0 Å². The highest BCUT2D eigenvalue weighted by molar-refractivity contribution is 7.47. The van der Waals surface area contributed by atoms with Crippen LogP contribution in [0.3, 0.4) is 0 Å². The van der Waals surface area contributed by atoms with Crippen LogP contribution < -0.4 is 0 Å². The second kappa shape index (κ2) is 69.3. The van der Waals surface area contributed by atoms with Gasteiger partial charge in [-0.2, -0.15) is 0 Å². The van der Waals surface area contributed by atoms with Crippen LogP contribution >= 0.6 is 15.6 Å². The summed E-state index contributed by atoms with van der Waals surface area (Å²) in [6.07, 6.45) is 83.2. The lowest BCUT2D eigenvalue weighted by Gasteiger charge is -2.21. The molecule has 0 heterocycles. The molecule has 0 saturated heterocycles. The van der Waals surface area contributed by atoms with Crippen molar-refractivity contribution in [2.75, 3.05) is 39.6 Å². The predicted molar refractivity (Wildman–Crippen MR) is 389 cm³/mol. The van der Waals surface area contributed by atoms with Crippen LogP contribution in [0.25, 0.3) is 0 Å². The Kier molecular flexibility index (Phi) is 66.0. The van der Waals surface area contributed by atoms with E-state index in [9.17, 15) is 43.5 Å². The number of ether oxygens (including phenoxy) is 3. The first-order valence-electron chi connectivity index (χ1n) is 36.1. The minimum atomic E-state index is -4.94. The summed E-state index contributed by atoms with van der Waals surface area (Å²) in [6, 6.07) is 0. The van der Waals surface area contributed by atoms with Crippen LogP contribution in [0.2, 0.25) is 0 Å². The molecule has 0 radical (unpaired) electrons. The Labute approximate surface area is 575 Å². The van der Waals surface area contributed by atoms with Gasteiger partial charge in [-0.05, 0) is 141 Å². The molecule has 0 fully saturated rings. The number of aliphatic hydroxyl groups excluding tert-OH is 2. The van der Waals surface area contributed by atoms with E-state index in [1.54, 1.807) is 0 Å². The first kappa shape index (κ1) is 90.4. The lowest BCUT2D eigenvalue weighted by molar-refractivity contribution is -0.161. The zero-order valence-corrected chi connectivity index (χ0v) is 60.6. The molecular formula is C77H128O16P2. The van der Waals surface area contributed by atoms with Gasteiger partial charge < -0.3 is 34.2 Å². The lowest BCUT2D eigenvalue weighted by atomic mass is 10.1. The summed E-state index contributed by atoms with van der Waals surface area (Å²) in [6.45, 7) is 2.35. The highest BCUT2D eigenvalue weighted by Crippen LogP contribution is 2.45. The molecule has 0 aliphatic carbocycles. The Morgan fingerprint density at radius 1 is 0.305 bits per heavy atom. The van der Waals surface area contributed by atoms with E-state index in [4.69, 9.17) is 32.3 Å². The van der Waals surface area contributed by atoms with Gasteiger partial charge in [0.1, 0.15) is 25.4 Å². The molecule has 16 nitrogen and oxygen atoms in total. The van der Waals surface area contributed by atoms with Gasteiger partial charge in [0.05, 0.1) is 26.4 Å². The Balaban J connectivity index is 4.71. The Bertz CT molecular complexity index is 2310. The smallest absolute Gasteiger partial charge is 0.463 e. The molecule has 95 heavy (non-hydrogen) atoms. The molecule has 0 aromatic carbocycles. The van der Waals surface area contributed by atoms with E-state index in [2.05, 4.69) is 167 Å². The number of phosphoric acid groups is 2. The van der Waals surface area contributed by atoms with Crippen molar-refractivity contribution in [1.29, 1.82) is 0 Å². The fourth-order valence-corrected chi connectivity index (χ4v) is 10.6. The second-order valence-corrected chi connectivity index (χ2v) is 26.5. The van der Waals surface area contributed by atoms with Gasteiger partial charge >= 0.3 is 33.6 Å². The van der Waals surface area contributed by atoms with Gasteiger partial charge in [0.25, 0.3) is 0 Å². The summed E-state index contributed by atoms with van der Waals surface area (Å²) < 4.78 is 60.9. The van der Waals surface area contributed by atoms with Gasteiger partial charge in [0.15, 0.2) is 6.10 Å². The van der Waals surface area contributed by atoms with Crippen molar-refractivity contribution in [2.24, 2.45) is 0 Å². The van der Waals surface area contributed by atoms with Crippen LogP contribution in [0.1, 0.15) is 265 Å². The zero-order valence-electron chi connectivity index (χ0n) is 58.8. The van der Waals surface area contributed by atoms with Crippen LogP contribution in [-0.4, -0.2) is 95.9 Å². The number of phosphoric ester groups is 2. The van der Waals surface area contributed by atoms with Crippen LogP contribution in [0.15, 0.2) is 146 Å². The fourth-order valence-electron chi connectivity index (χ4n) is 9.06. The first-order valence-corrected chi connectivity index (χ1v) is 39.1. The van der Waals surface area contributed by atoms with E-state index >= 15 is 0 Å². The van der Waals surface area contributed by atoms with Crippen molar-refractivity contribution >= 4 is 33.6 Å². The predicted octanol–water partition coefficient (Wildman–Crippen LogP) is 20.5. The summed E-state index contributed by atoms with van der Waals surface area (Å²) in [5.74, 6) is -1.65. The molecule has 5 unspecified atom stereocenters. The number of unbranched alkanes of at least 4 members (excludes halogenated alkanes) is 20. The van der Waals surface area contributed by atoms with Crippen molar-refractivity contribution < 1.29 is 75.8 Å². The molecule has 0 spiro atoms. The Morgan fingerprint density at radius 2 is 0.558 bits per heavy atom. The molecule has 0 bridgehead atoms. The van der Waals surface area contributed by atoms with Gasteiger partial charge in [-0.3, -0.25) is 32.5 Å². The van der Waals surface area contributed by atoms with Crippen LogP contribution in [-0.2, 0) is 55.8 Å². The first-order chi connectivity index (χ1) is 46.2. The summed E-state index contributed by atoms with van der Waals surface area (Å²) >= 11 is 0. The minimum Gasteiger partial charge on any atom is -0.463 e. The third-order valence-corrected chi connectivity index (χ3v) is 16.4. The van der Waals surface area contributed by atoms with Crippen molar-refractivity contribution in [3.63, 3.8) is 0 Å². The topological polar surface area (TPSA) is 231 Å². The molecule has 0 aromatic heterocycles. The molecule has 0 amide bonds. The van der Waals surface area contributed by atoms with E-state index in [0.717, 1.165) is 167 Å². The summed E-state index contributed by atoms with van der Waals surface area (Å²) in [7, 11) is -9.81. The summed E-state index contributed by atoms with van der Waals surface area (Å²) in [5, 5.41) is 20.6. The quantitative estimate of drug-likeness (QED) is 0.0146. The molecule has 0 saturated carbocycles. The second-order valence-electron chi connectivity index (χ2n) is 23.6. The number of aliphatic hydroxyl groups is 2. The Hall–Kier alpha value is -4.57. The van der Waals surface area contributed by atoms with Crippen molar-refractivity contribution in [3.05, 3.63) is 146 Å². The maximum Gasteiger partial charge on any atom is 0.472 e. The van der Waals surface area contributed by atoms with Crippen molar-refractivity contribution in [1.82, 2.24) is 0 Å². The highest BCUT2D eigenvalue weighted by atomic mass is 31.2. The molecule has 0 aliphatic heterocycles. The lowest BCUT2D eigenvalue weighted by Crippen LogP contribution is -2.30. The van der Waals surface area contributed by atoms with Gasteiger partial charge in [-0.1, -0.05) is 250 Å². The summed E-state index contributed by atoms with van der Waals surface area (Å²) in [5.41, 5.74) is 0. The molecule has 0 aliphatic rings. The maximum atomic E-state index is 12.9. The Morgan fingerprint density at radius 3 is 0.916 bits per heavy atom. The normalized spacial score (nSPS) is 15.0. The molecule has 0 aromatic rings. The van der Waals surface area contributed by atoms with E-state index in [1.165, 1.54) is 38.5 Å². The molecule has 5 atom stereocenters. The zero-order chi connectivity index (χ0) is 69.5. The van der Waals surface area contributed by atoms with Gasteiger partial charge in [-0.15, -0.1) is 0 Å². The van der Waals surface area contributed by atoms with E-state index in [-0.39, 0.29) is 19.3 Å². The molecule has 0 rings (SSSR count). The third-order valence-electron chi connectivity index (χ3n) is 14.5. The fraction of sp³-hybridized carbons (Fsp3) is 0.649. The van der Waals surface area contributed by atoms with Crippen molar-refractivity contribution in [2.45, 2.75) is 283 Å². The number of hydrogen-bond acceptors (Lipinski definition) is 14. The standard InChI is InChI=1S/C77H128O16P2/c1-4-7-10-13-16-19-22-25-28-30-32-34-35-37-39-40-43-45-48-51-54-57-60-63-75(80)87-66-72(78)67-89-94(83,84)90-68-73(79)69-91-95(85,86)92-71-74(93-77(82)65-62-59-56-53-50-47-42-27-24-21-18-15-12-9-6-3)70-88-76(81)64-61-58-55-52-49-46-44-41-38-36-33-31-29-26-23-20-17-14-11-8-5-2/h7-8,10-11,16-17,19-20,25-29,32-34,36-37,39,41-42,44,49,52,72-74,78-79H,4-6,9,12-15,18,21-24,30-31,35,38,40,43,45-48,50-51,53-71H2,1-3H3,(H,83,84)(H,85,86)/b10-7-,11-8-,19-16-,20-17-,28-25-,29-26-,34-32-,36-33-,39-37-,42-27-,44-41-,52-49-. The SMILES string of the molecule is CC/C=C\C/C=C\C/C=C\C/C=C\C/C=C\C/C=C\CCCCC(=O)OCC(COP(=O)(O)OCC(O)COP(=O)(O)OCC(O)COC(=O)CCCCCCCCC/C=C\C/C=C\C/C=C\C/C=C\C/C=C\CC)OC(=O)CCCCCCC/C=C\CCCCCCCC. The number of hydrogen-bond donors (Lipinski definition) is 4. The van der Waals surface area contributed by atoms with E-state index in [1.807, 2.05) is 0 Å². The average Bonchev–Trinajstić information content (AvgIpc) is 2.15. The minimum absolute atomic E-state index is 0.0804. The number of allylic oxidation sites excluding steroid dienone is 24. The monoisotopic (exact) mass is 1370 g/mol. The highest BCUT2D eigenvalue weighted by Gasteiger charge is 2.29. The molecular weight excluding hydrogens is 1240 g/mol. The van der Waals surface area contributed by atoms with Crippen LogP contribution in [0.5, 0.6) is 0 Å². The number of rotatable bonds is 67. The van der Waals surface area contributed by atoms with E-state index in [0.29, 0.717) is 19.3 Å². The van der Waals surface area contributed by atoms with Gasteiger partial charge in [0, 0.05) is 19.3 Å². The average molecular weight is 1370 g/mol.